The third-order valence-electron chi connectivity index (χ3n) is 3.31. The van der Waals surface area contributed by atoms with Gasteiger partial charge in [-0.25, -0.2) is 8.42 Å². The molecule has 1 atom stereocenters. The van der Waals surface area contributed by atoms with Crippen LogP contribution >= 0.6 is 38.9 Å². The van der Waals surface area contributed by atoms with Crippen molar-refractivity contribution in [2.24, 2.45) is 0 Å². The fourth-order valence-corrected chi connectivity index (χ4v) is 5.27. The van der Waals surface area contributed by atoms with Gasteiger partial charge >= 0.3 is 0 Å². The summed E-state index contributed by atoms with van der Waals surface area (Å²) in [6, 6.07) is 8.77. The van der Waals surface area contributed by atoms with Crippen molar-refractivity contribution in [2.45, 2.75) is 23.7 Å². The Labute approximate surface area is 142 Å². The van der Waals surface area contributed by atoms with Crippen LogP contribution in [0.4, 0.5) is 0 Å². The lowest BCUT2D eigenvalue weighted by atomic mass is 10.2. The van der Waals surface area contributed by atoms with Crippen molar-refractivity contribution in [3.05, 3.63) is 50.6 Å². The summed E-state index contributed by atoms with van der Waals surface area (Å²) < 4.78 is 27.6. The minimum absolute atomic E-state index is 0.221. The summed E-state index contributed by atoms with van der Waals surface area (Å²) in [5.41, 5.74) is 0.774. The first-order valence-electron chi connectivity index (χ1n) is 6.23. The molecule has 3 nitrogen and oxygen atoms in total. The Hall–Kier alpha value is -0.400. The van der Waals surface area contributed by atoms with Crippen LogP contribution in [0.5, 0.6) is 0 Å². The Bertz CT molecular complexity index is 717. The van der Waals surface area contributed by atoms with Gasteiger partial charge in [-0.1, -0.05) is 12.1 Å². The van der Waals surface area contributed by atoms with E-state index in [0.29, 0.717) is 4.47 Å². The molecule has 1 aromatic carbocycles. The molecule has 0 aliphatic carbocycles. The lowest BCUT2D eigenvalue weighted by molar-refractivity contribution is 0.402. The molecule has 0 aliphatic heterocycles. The third-order valence-corrected chi connectivity index (χ3v) is 7.58. The van der Waals surface area contributed by atoms with Crippen molar-refractivity contribution in [1.82, 2.24) is 4.31 Å². The lowest BCUT2D eigenvalue weighted by Crippen LogP contribution is -2.29. The standard InChI is InChI=1S/C14H15BrClNO2S2/c1-10(13-4-3-7-20-13)17(2)21(18,19)14-8-11(9-16)5-6-12(14)15/h3-8,10H,9H2,1-2H3. The number of hydrogen-bond donors (Lipinski definition) is 0. The van der Waals surface area contributed by atoms with E-state index in [2.05, 4.69) is 15.9 Å². The van der Waals surface area contributed by atoms with Gasteiger partial charge in [0.15, 0.2) is 0 Å². The Morgan fingerprint density at radius 2 is 2.10 bits per heavy atom. The molecule has 2 rings (SSSR count). The normalized spacial score (nSPS) is 13.6. The van der Waals surface area contributed by atoms with Gasteiger partial charge in [0, 0.05) is 22.3 Å². The smallest absolute Gasteiger partial charge is 0.207 e. The fraction of sp³-hybridized carbons (Fsp3) is 0.286. The molecule has 1 heterocycles. The summed E-state index contributed by atoms with van der Waals surface area (Å²) >= 11 is 10.7. The lowest BCUT2D eigenvalue weighted by Gasteiger charge is -2.24. The number of halogens is 2. The van der Waals surface area contributed by atoms with E-state index in [1.807, 2.05) is 24.4 Å². The minimum Gasteiger partial charge on any atom is -0.207 e. The van der Waals surface area contributed by atoms with Crippen molar-refractivity contribution >= 4 is 48.9 Å². The SMILES string of the molecule is CC(c1cccs1)N(C)S(=O)(=O)c1cc(CCl)ccc1Br. The van der Waals surface area contributed by atoms with Crippen LogP contribution in [0.15, 0.2) is 45.1 Å². The summed E-state index contributed by atoms with van der Waals surface area (Å²) in [6.07, 6.45) is 0. The van der Waals surface area contributed by atoms with E-state index in [0.717, 1.165) is 10.4 Å². The predicted molar refractivity (Wildman–Crippen MR) is 91.4 cm³/mol. The molecule has 0 fully saturated rings. The number of rotatable bonds is 5. The van der Waals surface area contributed by atoms with Gasteiger partial charge in [0.25, 0.3) is 0 Å². The fourth-order valence-electron chi connectivity index (χ4n) is 1.90. The maximum absolute atomic E-state index is 12.8. The van der Waals surface area contributed by atoms with Gasteiger partial charge in [-0.15, -0.1) is 22.9 Å². The first-order valence-corrected chi connectivity index (χ1v) is 9.88. The number of alkyl halides is 1. The highest BCUT2D eigenvalue weighted by molar-refractivity contribution is 9.10. The van der Waals surface area contributed by atoms with Gasteiger partial charge in [-0.2, -0.15) is 4.31 Å². The number of nitrogens with zero attached hydrogens (tertiary/aromatic N) is 1. The van der Waals surface area contributed by atoms with E-state index >= 15 is 0 Å². The molecule has 2 aromatic rings. The van der Waals surface area contributed by atoms with Crippen LogP contribution in [-0.2, 0) is 15.9 Å². The van der Waals surface area contributed by atoms with E-state index < -0.39 is 10.0 Å². The maximum atomic E-state index is 12.8. The van der Waals surface area contributed by atoms with Crippen LogP contribution in [-0.4, -0.2) is 19.8 Å². The van der Waals surface area contributed by atoms with Gasteiger partial charge in [-0.05, 0) is 52.0 Å². The highest BCUT2D eigenvalue weighted by Gasteiger charge is 2.28. The molecule has 21 heavy (non-hydrogen) atoms. The quantitative estimate of drug-likeness (QED) is 0.676. The molecule has 7 heteroatoms. The van der Waals surface area contributed by atoms with E-state index in [1.165, 1.54) is 4.31 Å². The summed E-state index contributed by atoms with van der Waals surface area (Å²) in [5.74, 6) is 0.278. The highest BCUT2D eigenvalue weighted by Crippen LogP contribution is 2.32. The van der Waals surface area contributed by atoms with Crippen LogP contribution in [0.25, 0.3) is 0 Å². The van der Waals surface area contributed by atoms with E-state index in [-0.39, 0.29) is 16.8 Å². The van der Waals surface area contributed by atoms with Crippen molar-refractivity contribution in [3.63, 3.8) is 0 Å². The van der Waals surface area contributed by atoms with Gasteiger partial charge in [0.05, 0.1) is 10.9 Å². The molecule has 0 saturated carbocycles. The zero-order valence-corrected chi connectivity index (χ0v) is 15.6. The molecule has 0 radical (unpaired) electrons. The molecule has 114 valence electrons. The molecule has 1 unspecified atom stereocenters. The zero-order valence-electron chi connectivity index (χ0n) is 11.6. The van der Waals surface area contributed by atoms with Crippen LogP contribution in [0.2, 0.25) is 0 Å². The maximum Gasteiger partial charge on any atom is 0.244 e. The van der Waals surface area contributed by atoms with Crippen molar-refractivity contribution in [1.29, 1.82) is 0 Å². The summed E-state index contributed by atoms with van der Waals surface area (Å²) in [6.45, 7) is 1.88. The van der Waals surface area contributed by atoms with Gasteiger partial charge in [-0.3, -0.25) is 0 Å². The Morgan fingerprint density at radius 3 is 2.67 bits per heavy atom. The molecule has 0 spiro atoms. The molecule has 0 saturated heterocycles. The number of benzene rings is 1. The van der Waals surface area contributed by atoms with Crippen LogP contribution in [0, 0.1) is 0 Å². The van der Waals surface area contributed by atoms with E-state index in [9.17, 15) is 8.42 Å². The van der Waals surface area contributed by atoms with Gasteiger partial charge in [0.2, 0.25) is 10.0 Å². The Balaban J connectivity index is 2.42. The monoisotopic (exact) mass is 407 g/mol. The van der Waals surface area contributed by atoms with Crippen LogP contribution in [0.3, 0.4) is 0 Å². The summed E-state index contributed by atoms with van der Waals surface area (Å²) in [5, 5.41) is 1.94. The molecule has 1 aromatic heterocycles. The first-order chi connectivity index (χ1) is 9.87. The second-order valence-electron chi connectivity index (χ2n) is 4.61. The van der Waals surface area contributed by atoms with Crippen molar-refractivity contribution < 1.29 is 8.42 Å². The van der Waals surface area contributed by atoms with Crippen molar-refractivity contribution in [3.8, 4) is 0 Å². The second kappa shape index (κ2) is 6.79. The summed E-state index contributed by atoms with van der Waals surface area (Å²) in [7, 11) is -2.00. The van der Waals surface area contributed by atoms with Gasteiger partial charge < -0.3 is 0 Å². The number of thiophene rings is 1. The average Bonchev–Trinajstić information content (AvgIpc) is 3.00. The molecular formula is C14H15BrClNO2S2. The first kappa shape index (κ1) is 17.0. The molecule has 0 amide bonds. The molecule has 0 aliphatic rings. The predicted octanol–water partition coefficient (Wildman–Crippen LogP) is 4.63. The third kappa shape index (κ3) is 3.51. The molecular weight excluding hydrogens is 394 g/mol. The minimum atomic E-state index is -3.59. The Kier molecular flexibility index (Phi) is 5.48. The average molecular weight is 409 g/mol. The summed E-state index contributed by atoms with van der Waals surface area (Å²) in [4.78, 5) is 1.25. The largest absolute Gasteiger partial charge is 0.244 e. The second-order valence-corrected chi connectivity index (χ2v) is 8.68. The topological polar surface area (TPSA) is 37.4 Å². The molecule has 0 N–H and O–H groups in total. The number of hydrogen-bond acceptors (Lipinski definition) is 3. The van der Waals surface area contributed by atoms with Gasteiger partial charge in [0.1, 0.15) is 0 Å². The van der Waals surface area contributed by atoms with E-state index in [1.54, 1.807) is 36.6 Å². The van der Waals surface area contributed by atoms with Crippen LogP contribution in [0.1, 0.15) is 23.4 Å². The molecule has 0 bridgehead atoms. The zero-order chi connectivity index (χ0) is 15.6. The van der Waals surface area contributed by atoms with Crippen LogP contribution < -0.4 is 0 Å². The number of sulfonamides is 1. The Morgan fingerprint density at radius 1 is 1.38 bits per heavy atom. The van der Waals surface area contributed by atoms with E-state index in [4.69, 9.17) is 11.6 Å². The highest BCUT2D eigenvalue weighted by atomic mass is 79.9. The van der Waals surface area contributed by atoms with Crippen molar-refractivity contribution in [2.75, 3.05) is 7.05 Å².